The van der Waals surface area contributed by atoms with Crippen LogP contribution in [-0.2, 0) is 5.41 Å². The minimum atomic E-state index is 0.0415. The van der Waals surface area contributed by atoms with Gasteiger partial charge in [-0.2, -0.15) is 0 Å². The molecule has 1 fully saturated rings. The molecule has 0 unspecified atom stereocenters. The zero-order valence-electron chi connectivity index (χ0n) is 33.7. The van der Waals surface area contributed by atoms with Crippen molar-refractivity contribution in [2.75, 3.05) is 4.90 Å². The number of para-hydroxylation sites is 3. The second-order valence-corrected chi connectivity index (χ2v) is 16.4. The van der Waals surface area contributed by atoms with Crippen LogP contribution < -0.4 is 4.90 Å². The van der Waals surface area contributed by atoms with Crippen molar-refractivity contribution in [2.24, 2.45) is 0 Å². The van der Waals surface area contributed by atoms with Crippen molar-refractivity contribution in [3.05, 3.63) is 230 Å². The lowest BCUT2D eigenvalue weighted by atomic mass is 9.65. The predicted molar refractivity (Wildman–Crippen MR) is 254 cm³/mol. The summed E-state index contributed by atoms with van der Waals surface area (Å²) in [6, 6.07) is 80.6. The summed E-state index contributed by atoms with van der Waals surface area (Å²) in [6.45, 7) is 0. The first kappa shape index (κ1) is 36.0. The Morgan fingerprint density at radius 3 is 1.73 bits per heavy atom. The third-order valence-electron chi connectivity index (χ3n) is 13.1. The molecule has 11 rings (SSSR count). The fourth-order valence-corrected chi connectivity index (χ4v) is 10.2. The van der Waals surface area contributed by atoms with Crippen molar-refractivity contribution in [1.82, 2.24) is 4.57 Å². The first-order valence-electron chi connectivity index (χ1n) is 21.5. The highest BCUT2D eigenvalue weighted by Crippen LogP contribution is 2.47. The maximum absolute atomic E-state index is 2.46. The summed E-state index contributed by atoms with van der Waals surface area (Å²) in [6.07, 6.45) is 6.20. The zero-order valence-corrected chi connectivity index (χ0v) is 33.7. The van der Waals surface area contributed by atoms with E-state index in [4.69, 9.17) is 0 Å². The Morgan fingerprint density at radius 1 is 0.383 bits per heavy atom. The van der Waals surface area contributed by atoms with Crippen molar-refractivity contribution in [2.45, 2.75) is 37.5 Å². The van der Waals surface area contributed by atoms with Crippen molar-refractivity contribution < 1.29 is 0 Å². The Bertz CT molecular complexity index is 3090. The van der Waals surface area contributed by atoms with Gasteiger partial charge in [-0.1, -0.05) is 177 Å². The van der Waals surface area contributed by atoms with Gasteiger partial charge >= 0.3 is 0 Å². The molecule has 0 atom stereocenters. The molecule has 1 saturated carbocycles. The van der Waals surface area contributed by atoms with Gasteiger partial charge in [-0.3, -0.25) is 0 Å². The number of hydrogen-bond donors (Lipinski definition) is 0. The van der Waals surface area contributed by atoms with Crippen molar-refractivity contribution in [1.29, 1.82) is 0 Å². The van der Waals surface area contributed by atoms with E-state index in [-0.39, 0.29) is 5.41 Å². The van der Waals surface area contributed by atoms with Crippen LogP contribution >= 0.6 is 0 Å². The lowest BCUT2D eigenvalue weighted by Crippen LogP contribution is -2.30. The molecular formula is C58H46N2. The number of benzene rings is 9. The minimum Gasteiger partial charge on any atom is -0.310 e. The Kier molecular flexibility index (Phi) is 9.12. The average molecular weight is 771 g/mol. The van der Waals surface area contributed by atoms with Crippen LogP contribution in [0.25, 0.3) is 60.5 Å². The first-order chi connectivity index (χ1) is 29.7. The molecule has 1 heterocycles. The Labute approximate surface area is 352 Å². The summed E-state index contributed by atoms with van der Waals surface area (Å²) in [5.74, 6) is 0. The summed E-state index contributed by atoms with van der Waals surface area (Å²) < 4.78 is 2.38. The molecular weight excluding hydrogens is 725 g/mol. The van der Waals surface area contributed by atoms with Crippen LogP contribution in [-0.4, -0.2) is 4.57 Å². The van der Waals surface area contributed by atoms with Gasteiger partial charge in [0.15, 0.2) is 0 Å². The Balaban J connectivity index is 1.03. The van der Waals surface area contributed by atoms with E-state index in [9.17, 15) is 0 Å². The zero-order chi connectivity index (χ0) is 39.9. The van der Waals surface area contributed by atoms with Crippen LogP contribution in [0.1, 0.15) is 43.2 Å². The molecule has 2 nitrogen and oxygen atoms in total. The normalized spacial score (nSPS) is 13.8. The van der Waals surface area contributed by atoms with Crippen LogP contribution in [0.3, 0.4) is 0 Å². The lowest BCUT2D eigenvalue weighted by Gasteiger charge is -2.39. The summed E-state index contributed by atoms with van der Waals surface area (Å²) in [5.41, 5.74) is 14.8. The van der Waals surface area contributed by atoms with E-state index in [0.717, 1.165) is 17.1 Å². The van der Waals surface area contributed by atoms with Gasteiger partial charge < -0.3 is 9.47 Å². The molecule has 0 amide bonds. The van der Waals surface area contributed by atoms with E-state index in [1.54, 1.807) is 0 Å². The van der Waals surface area contributed by atoms with Crippen LogP contribution in [0.4, 0.5) is 17.1 Å². The third kappa shape index (κ3) is 6.19. The molecule has 0 bridgehead atoms. The Hall–Kier alpha value is -7.16. The van der Waals surface area contributed by atoms with Crippen molar-refractivity contribution in [3.8, 4) is 27.9 Å². The van der Waals surface area contributed by atoms with Gasteiger partial charge in [-0.15, -0.1) is 0 Å². The topological polar surface area (TPSA) is 8.17 Å². The molecule has 2 heteroatoms. The summed E-state index contributed by atoms with van der Waals surface area (Å²) in [5, 5.41) is 5.02. The van der Waals surface area contributed by atoms with E-state index in [1.165, 1.54) is 104 Å². The maximum Gasteiger partial charge on any atom is 0.0541 e. The minimum absolute atomic E-state index is 0.0415. The van der Waals surface area contributed by atoms with Crippen molar-refractivity contribution in [3.63, 3.8) is 0 Å². The van der Waals surface area contributed by atoms with E-state index < -0.39 is 0 Å². The SMILES string of the molecule is c1ccc(-n2c3ccccc3c3cc(-c4ccc(N(c5ccc(C6(c7ccccc7)CCCCC6)cc5)c5ccccc5-c5cccc6ccccc56)cc4)ccc32)cc1. The molecule has 0 radical (unpaired) electrons. The van der Waals surface area contributed by atoms with Gasteiger partial charge in [0.05, 0.1) is 16.7 Å². The summed E-state index contributed by atoms with van der Waals surface area (Å²) >= 11 is 0. The van der Waals surface area contributed by atoms with Gasteiger partial charge in [-0.05, 0) is 112 Å². The van der Waals surface area contributed by atoms with Crippen LogP contribution in [0, 0.1) is 0 Å². The monoisotopic (exact) mass is 770 g/mol. The molecule has 0 N–H and O–H groups in total. The predicted octanol–water partition coefficient (Wildman–Crippen LogP) is 16.0. The number of rotatable bonds is 8. The van der Waals surface area contributed by atoms with Crippen LogP contribution in [0.5, 0.6) is 0 Å². The molecule has 60 heavy (non-hydrogen) atoms. The quantitative estimate of drug-likeness (QED) is 0.149. The number of anilines is 3. The molecule has 1 aromatic heterocycles. The van der Waals surface area contributed by atoms with Gasteiger partial charge in [0.1, 0.15) is 0 Å². The Morgan fingerprint density at radius 2 is 0.950 bits per heavy atom. The number of fused-ring (bicyclic) bond motifs is 4. The molecule has 0 saturated heterocycles. The molecule has 1 aliphatic rings. The van der Waals surface area contributed by atoms with Crippen LogP contribution in [0.15, 0.2) is 218 Å². The van der Waals surface area contributed by atoms with Gasteiger partial charge in [-0.25, -0.2) is 0 Å². The second-order valence-electron chi connectivity index (χ2n) is 16.4. The van der Waals surface area contributed by atoms with Gasteiger partial charge in [0.2, 0.25) is 0 Å². The number of hydrogen-bond acceptors (Lipinski definition) is 1. The summed E-state index contributed by atoms with van der Waals surface area (Å²) in [7, 11) is 0. The highest BCUT2D eigenvalue weighted by molar-refractivity contribution is 6.10. The van der Waals surface area contributed by atoms with Gasteiger partial charge in [0.25, 0.3) is 0 Å². The standard InChI is InChI=1S/C58H46N2/c1-4-19-45(20-5-1)58(39-14-3-15-40-58)46-32-36-49(37-33-46)59(55-27-12-10-24-52(55)51-26-16-18-43-17-8-9-23-50(43)51)48-34-29-42(30-35-48)44-31-38-57-54(41-44)53-25-11-13-28-56(53)60(57)47-21-6-2-7-22-47/h1-2,4-13,16-38,41H,3,14-15,39-40H2. The highest BCUT2D eigenvalue weighted by Gasteiger charge is 2.35. The largest absolute Gasteiger partial charge is 0.310 e. The van der Waals surface area contributed by atoms with E-state index >= 15 is 0 Å². The maximum atomic E-state index is 2.46. The van der Waals surface area contributed by atoms with E-state index in [2.05, 4.69) is 228 Å². The fourth-order valence-electron chi connectivity index (χ4n) is 10.2. The van der Waals surface area contributed by atoms with Gasteiger partial charge in [0, 0.05) is 38.8 Å². The number of nitrogens with zero attached hydrogens (tertiary/aromatic N) is 2. The van der Waals surface area contributed by atoms with E-state index in [1.807, 2.05) is 0 Å². The summed E-state index contributed by atoms with van der Waals surface area (Å²) in [4.78, 5) is 2.46. The third-order valence-corrected chi connectivity index (χ3v) is 13.1. The van der Waals surface area contributed by atoms with Crippen molar-refractivity contribution >= 4 is 49.6 Å². The molecule has 9 aromatic carbocycles. The smallest absolute Gasteiger partial charge is 0.0541 e. The highest BCUT2D eigenvalue weighted by atomic mass is 15.1. The fraction of sp³-hybridized carbons (Fsp3) is 0.103. The molecule has 10 aromatic rings. The number of aromatic nitrogens is 1. The average Bonchev–Trinajstić information content (AvgIpc) is 3.66. The first-order valence-corrected chi connectivity index (χ1v) is 21.5. The second kappa shape index (κ2) is 15.2. The molecule has 1 aliphatic carbocycles. The molecule has 0 spiro atoms. The lowest BCUT2D eigenvalue weighted by molar-refractivity contribution is 0.346. The van der Waals surface area contributed by atoms with E-state index in [0.29, 0.717) is 0 Å². The molecule has 288 valence electrons. The van der Waals surface area contributed by atoms with Crippen LogP contribution in [0.2, 0.25) is 0 Å². The molecule has 0 aliphatic heterocycles.